The minimum Gasteiger partial charge on any atom is -0.381 e. The molecule has 12 heteroatoms. The molecule has 0 atom stereocenters. The fourth-order valence-electron chi connectivity index (χ4n) is 5.00. The van der Waals surface area contributed by atoms with Gasteiger partial charge in [0.2, 0.25) is 5.13 Å². The number of alkyl halides is 2. The lowest BCUT2D eigenvalue weighted by Crippen LogP contribution is -2.43. The maximum absolute atomic E-state index is 13.1. The smallest absolute Gasteiger partial charge is 0.291 e. The Hall–Kier alpha value is -2.33. The van der Waals surface area contributed by atoms with Gasteiger partial charge in [0.15, 0.2) is 5.01 Å². The van der Waals surface area contributed by atoms with Gasteiger partial charge in [-0.15, -0.1) is 10.2 Å². The summed E-state index contributed by atoms with van der Waals surface area (Å²) >= 11 is 2.28. The van der Waals surface area contributed by atoms with Gasteiger partial charge in [-0.3, -0.25) is 0 Å². The molecule has 0 amide bonds. The van der Waals surface area contributed by atoms with E-state index in [4.69, 9.17) is 4.74 Å². The minimum absolute atomic E-state index is 0.312. The van der Waals surface area contributed by atoms with Crippen LogP contribution in [0.1, 0.15) is 50.0 Å². The number of nitrogens with zero attached hydrogens (tertiary/aromatic N) is 6. The molecule has 3 aliphatic rings. The van der Waals surface area contributed by atoms with Gasteiger partial charge in [0.05, 0.1) is 17.8 Å². The molecule has 2 aliphatic heterocycles. The Bertz CT molecular complexity index is 1270. The van der Waals surface area contributed by atoms with E-state index in [-0.39, 0.29) is 5.01 Å². The van der Waals surface area contributed by atoms with Crippen LogP contribution in [-0.4, -0.2) is 51.8 Å². The third kappa shape index (κ3) is 4.39. The Labute approximate surface area is 209 Å². The highest BCUT2D eigenvalue weighted by atomic mass is 32.2. The van der Waals surface area contributed by atoms with E-state index < -0.39 is 12.0 Å². The van der Waals surface area contributed by atoms with Gasteiger partial charge in [0.25, 0.3) is 6.43 Å². The molecule has 6 rings (SSSR count). The van der Waals surface area contributed by atoms with Gasteiger partial charge in [0, 0.05) is 42.3 Å². The summed E-state index contributed by atoms with van der Waals surface area (Å²) in [6.45, 7) is 3.58. The first-order chi connectivity index (χ1) is 17.0. The Balaban J connectivity index is 1.35. The van der Waals surface area contributed by atoms with Gasteiger partial charge in [-0.1, -0.05) is 11.3 Å². The molecule has 3 fully saturated rings. The molecule has 1 spiro atoms. The fraction of sp³-hybridized carbons (Fsp3) is 0.565. The molecule has 0 bridgehead atoms. The quantitative estimate of drug-likeness (QED) is 0.464. The van der Waals surface area contributed by atoms with E-state index in [1.54, 1.807) is 10.9 Å². The van der Waals surface area contributed by atoms with E-state index in [2.05, 4.69) is 37.1 Å². The van der Waals surface area contributed by atoms with Crippen LogP contribution in [0.5, 0.6) is 0 Å². The molecule has 0 radical (unpaired) electrons. The van der Waals surface area contributed by atoms with Crippen LogP contribution >= 0.6 is 23.3 Å². The maximum atomic E-state index is 13.1. The Morgan fingerprint density at radius 1 is 1.11 bits per heavy atom. The number of hydrogen-bond donors (Lipinski definition) is 1. The van der Waals surface area contributed by atoms with Gasteiger partial charge in [0.1, 0.15) is 5.54 Å². The highest BCUT2D eigenvalue weighted by molar-refractivity contribution is 7.97. The van der Waals surface area contributed by atoms with Crippen molar-refractivity contribution in [2.45, 2.75) is 55.4 Å². The van der Waals surface area contributed by atoms with Crippen molar-refractivity contribution in [3.8, 4) is 11.2 Å². The Morgan fingerprint density at radius 2 is 1.89 bits per heavy atom. The molecule has 1 aliphatic carbocycles. The predicted octanol–water partition coefficient (Wildman–Crippen LogP) is 4.86. The molecule has 35 heavy (non-hydrogen) atoms. The highest BCUT2D eigenvalue weighted by Crippen LogP contribution is 2.44. The number of piperidine rings is 1. The Kier molecular flexibility index (Phi) is 5.91. The van der Waals surface area contributed by atoms with E-state index >= 15 is 0 Å². The van der Waals surface area contributed by atoms with Crippen molar-refractivity contribution in [2.24, 2.45) is 5.41 Å². The van der Waals surface area contributed by atoms with E-state index in [1.165, 1.54) is 11.9 Å². The molecule has 0 unspecified atom stereocenters. The number of halogens is 2. The molecule has 1 saturated carbocycles. The summed E-state index contributed by atoms with van der Waals surface area (Å²) in [6, 6.07) is 6.48. The van der Waals surface area contributed by atoms with Crippen molar-refractivity contribution >= 4 is 39.9 Å². The van der Waals surface area contributed by atoms with Crippen LogP contribution in [0.3, 0.4) is 0 Å². The monoisotopic (exact) mass is 517 g/mol. The van der Waals surface area contributed by atoms with Crippen molar-refractivity contribution in [1.29, 1.82) is 5.26 Å². The number of ether oxygens (including phenoxy) is 1. The number of nitrogens with one attached hydrogen (secondary N) is 1. The molecule has 1 aromatic carbocycles. The molecule has 3 aromatic rings. The normalized spacial score (nSPS) is 21.0. The molecule has 184 valence electrons. The summed E-state index contributed by atoms with van der Waals surface area (Å²) in [7, 11) is 0. The zero-order chi connectivity index (χ0) is 24.0. The summed E-state index contributed by atoms with van der Waals surface area (Å²) in [5.74, 6) is 0. The standard InChI is InChI=1S/C23H25F2N7OS2/c24-19(25)20-28-29-21(34-20)32-18-12-15(35-30-23(14-26)1-2-23)11-17(16(18)13-27-32)31-7-3-22(4-8-31)5-9-33-10-6-22/h11-13,19,30H,1-10H2. The summed E-state index contributed by atoms with van der Waals surface area (Å²) in [6.07, 6.45) is 5.26. The number of aromatic nitrogens is 4. The first kappa shape index (κ1) is 23.1. The topological polar surface area (TPSA) is 91.9 Å². The largest absolute Gasteiger partial charge is 0.381 e. The molecule has 4 heterocycles. The van der Waals surface area contributed by atoms with Crippen LogP contribution < -0.4 is 9.62 Å². The minimum atomic E-state index is -2.67. The average molecular weight is 518 g/mol. The molecule has 2 saturated heterocycles. The van der Waals surface area contributed by atoms with Crippen molar-refractivity contribution < 1.29 is 13.5 Å². The van der Waals surface area contributed by atoms with Crippen LogP contribution in [0.15, 0.2) is 23.2 Å². The van der Waals surface area contributed by atoms with Crippen LogP contribution in [0.25, 0.3) is 16.0 Å². The van der Waals surface area contributed by atoms with Crippen LogP contribution in [0, 0.1) is 16.7 Å². The van der Waals surface area contributed by atoms with Gasteiger partial charge < -0.3 is 9.64 Å². The molecular formula is C23H25F2N7OS2. The third-order valence-electron chi connectivity index (χ3n) is 7.48. The number of nitriles is 1. The Morgan fingerprint density at radius 3 is 2.54 bits per heavy atom. The molecule has 1 N–H and O–H groups in total. The summed E-state index contributed by atoms with van der Waals surface area (Å²) in [5.41, 5.74) is 1.76. The van der Waals surface area contributed by atoms with Gasteiger partial charge in [-0.25, -0.2) is 18.2 Å². The van der Waals surface area contributed by atoms with Crippen molar-refractivity contribution in [3.05, 3.63) is 23.3 Å². The number of anilines is 1. The number of benzene rings is 1. The molecule has 2 aromatic heterocycles. The van der Waals surface area contributed by atoms with E-state index in [9.17, 15) is 14.0 Å². The van der Waals surface area contributed by atoms with Crippen LogP contribution in [0.4, 0.5) is 14.5 Å². The number of rotatable bonds is 6. The van der Waals surface area contributed by atoms with Crippen molar-refractivity contribution in [1.82, 2.24) is 24.7 Å². The van der Waals surface area contributed by atoms with E-state index in [1.807, 2.05) is 6.07 Å². The first-order valence-corrected chi connectivity index (χ1v) is 13.4. The van der Waals surface area contributed by atoms with Crippen molar-refractivity contribution in [2.75, 3.05) is 31.2 Å². The zero-order valence-corrected chi connectivity index (χ0v) is 20.7. The zero-order valence-electron chi connectivity index (χ0n) is 19.0. The van der Waals surface area contributed by atoms with E-state index in [0.717, 1.165) is 97.7 Å². The van der Waals surface area contributed by atoms with Crippen LogP contribution in [-0.2, 0) is 4.74 Å². The summed E-state index contributed by atoms with van der Waals surface area (Å²) in [4.78, 5) is 3.35. The van der Waals surface area contributed by atoms with Crippen LogP contribution in [0.2, 0.25) is 0 Å². The second-order valence-electron chi connectivity index (χ2n) is 9.65. The lowest BCUT2D eigenvalue weighted by molar-refractivity contribution is 0.00214. The van der Waals surface area contributed by atoms with E-state index in [0.29, 0.717) is 10.5 Å². The predicted molar refractivity (Wildman–Crippen MR) is 130 cm³/mol. The van der Waals surface area contributed by atoms with Gasteiger partial charge in [-0.2, -0.15) is 10.4 Å². The molecule has 8 nitrogen and oxygen atoms in total. The number of fused-ring (bicyclic) bond motifs is 1. The van der Waals surface area contributed by atoms with Crippen molar-refractivity contribution in [3.63, 3.8) is 0 Å². The average Bonchev–Trinajstić information content (AvgIpc) is 3.27. The second kappa shape index (κ2) is 8.96. The highest BCUT2D eigenvalue weighted by Gasteiger charge is 2.43. The lowest BCUT2D eigenvalue weighted by Gasteiger charge is -2.45. The number of hydrogen-bond acceptors (Lipinski definition) is 9. The SMILES string of the molecule is N#CC1(NSc2cc(N3CCC4(CCOCC4)CC3)c3cnn(-c4nnc(C(F)F)s4)c3c2)CC1. The second-order valence-corrected chi connectivity index (χ2v) is 11.5. The first-order valence-electron chi connectivity index (χ1n) is 11.8. The van der Waals surface area contributed by atoms with Gasteiger partial charge in [-0.05, 0) is 68.0 Å². The van der Waals surface area contributed by atoms with Gasteiger partial charge >= 0.3 is 0 Å². The maximum Gasteiger partial charge on any atom is 0.291 e. The third-order valence-corrected chi connectivity index (χ3v) is 9.36. The molecular weight excluding hydrogens is 492 g/mol. The fourth-order valence-corrected chi connectivity index (χ4v) is 6.58. The summed E-state index contributed by atoms with van der Waals surface area (Å²) in [5, 5.41) is 22.5. The summed E-state index contributed by atoms with van der Waals surface area (Å²) < 4.78 is 36.8. The lowest BCUT2D eigenvalue weighted by atomic mass is 9.72.